The van der Waals surface area contributed by atoms with E-state index in [4.69, 9.17) is 10.3 Å². The van der Waals surface area contributed by atoms with Crippen molar-refractivity contribution in [1.29, 1.82) is 0 Å². The quantitative estimate of drug-likeness (QED) is 0.791. The van der Waals surface area contributed by atoms with Crippen LogP contribution in [0.15, 0.2) is 16.2 Å². The Balaban J connectivity index is 2.17. The molecule has 0 amide bonds. The van der Waals surface area contributed by atoms with Crippen LogP contribution in [0.1, 0.15) is 18.4 Å². The lowest BCUT2D eigenvalue weighted by atomic mass is 10.2. The molecule has 2 rings (SSSR count). The van der Waals surface area contributed by atoms with Gasteiger partial charge in [0.1, 0.15) is 6.10 Å². The SMILES string of the molecule is NCC[C@H](O)c1nc(-c2cncs2)no1. The van der Waals surface area contributed by atoms with Crippen LogP contribution in [-0.2, 0) is 0 Å². The molecule has 80 valence electrons. The van der Waals surface area contributed by atoms with Crippen molar-refractivity contribution in [3.8, 4) is 10.7 Å². The second-order valence-electron chi connectivity index (χ2n) is 2.92. The van der Waals surface area contributed by atoms with Crippen molar-refractivity contribution in [2.45, 2.75) is 12.5 Å². The Morgan fingerprint density at radius 1 is 1.60 bits per heavy atom. The molecule has 0 aliphatic carbocycles. The number of aromatic nitrogens is 3. The molecule has 0 saturated carbocycles. The van der Waals surface area contributed by atoms with Crippen LogP contribution in [0.4, 0.5) is 0 Å². The van der Waals surface area contributed by atoms with Crippen LogP contribution in [0.5, 0.6) is 0 Å². The van der Waals surface area contributed by atoms with E-state index in [1.54, 1.807) is 11.7 Å². The summed E-state index contributed by atoms with van der Waals surface area (Å²) in [6, 6.07) is 0. The first kappa shape index (κ1) is 10.2. The molecular weight excluding hydrogens is 216 g/mol. The number of hydrogen-bond donors (Lipinski definition) is 2. The van der Waals surface area contributed by atoms with Crippen molar-refractivity contribution in [1.82, 2.24) is 15.1 Å². The molecular formula is C8H10N4O2S. The number of nitrogens with two attached hydrogens (primary N) is 1. The third kappa shape index (κ3) is 2.20. The molecule has 0 aliphatic rings. The third-order valence-corrected chi connectivity index (χ3v) is 2.59. The molecule has 2 aromatic rings. The van der Waals surface area contributed by atoms with Gasteiger partial charge in [0.15, 0.2) is 0 Å². The molecule has 0 unspecified atom stereocenters. The van der Waals surface area contributed by atoms with Crippen LogP contribution >= 0.6 is 11.3 Å². The highest BCUT2D eigenvalue weighted by Gasteiger charge is 2.16. The minimum atomic E-state index is -0.788. The molecule has 0 spiro atoms. The summed E-state index contributed by atoms with van der Waals surface area (Å²) in [6.45, 7) is 0.374. The van der Waals surface area contributed by atoms with Gasteiger partial charge >= 0.3 is 0 Å². The third-order valence-electron chi connectivity index (χ3n) is 1.82. The number of rotatable bonds is 4. The Morgan fingerprint density at radius 2 is 2.47 bits per heavy atom. The lowest BCUT2D eigenvalue weighted by Gasteiger charge is -2.00. The Labute approximate surface area is 89.8 Å². The van der Waals surface area contributed by atoms with E-state index in [0.717, 1.165) is 4.88 Å². The van der Waals surface area contributed by atoms with E-state index in [0.29, 0.717) is 18.8 Å². The molecule has 0 fully saturated rings. The van der Waals surface area contributed by atoms with Crippen LogP contribution in [0.3, 0.4) is 0 Å². The normalized spacial score (nSPS) is 12.9. The van der Waals surface area contributed by atoms with Crippen LogP contribution in [0, 0.1) is 0 Å². The molecule has 2 aromatic heterocycles. The van der Waals surface area contributed by atoms with Crippen LogP contribution in [-0.4, -0.2) is 26.8 Å². The topological polar surface area (TPSA) is 98.1 Å². The van der Waals surface area contributed by atoms with E-state index >= 15 is 0 Å². The van der Waals surface area contributed by atoms with Gasteiger partial charge in [-0.05, 0) is 13.0 Å². The van der Waals surface area contributed by atoms with Gasteiger partial charge in [0.25, 0.3) is 5.89 Å². The average Bonchev–Trinajstić information content (AvgIpc) is 2.89. The predicted octanol–water partition coefficient (Wildman–Crippen LogP) is 0.575. The summed E-state index contributed by atoms with van der Waals surface area (Å²) in [6.07, 6.45) is 1.27. The molecule has 15 heavy (non-hydrogen) atoms. The maximum atomic E-state index is 9.54. The number of aliphatic hydroxyl groups excluding tert-OH is 1. The van der Waals surface area contributed by atoms with Gasteiger partial charge < -0.3 is 15.4 Å². The molecule has 0 radical (unpaired) electrons. The first-order valence-corrected chi connectivity index (χ1v) is 5.30. The van der Waals surface area contributed by atoms with Gasteiger partial charge in [0.05, 0.1) is 10.4 Å². The van der Waals surface area contributed by atoms with E-state index in [-0.39, 0.29) is 5.89 Å². The highest BCUT2D eigenvalue weighted by atomic mass is 32.1. The first-order chi connectivity index (χ1) is 7.31. The van der Waals surface area contributed by atoms with E-state index < -0.39 is 6.10 Å². The molecule has 0 aliphatic heterocycles. The predicted molar refractivity (Wildman–Crippen MR) is 54.0 cm³/mol. The molecule has 7 heteroatoms. The lowest BCUT2D eigenvalue weighted by molar-refractivity contribution is 0.127. The van der Waals surface area contributed by atoms with E-state index in [9.17, 15) is 5.11 Å². The minimum absolute atomic E-state index is 0.198. The maximum absolute atomic E-state index is 9.54. The number of nitrogens with zero attached hydrogens (tertiary/aromatic N) is 3. The fourth-order valence-electron chi connectivity index (χ4n) is 1.08. The van der Waals surface area contributed by atoms with Crippen LogP contribution in [0.2, 0.25) is 0 Å². The summed E-state index contributed by atoms with van der Waals surface area (Å²) in [7, 11) is 0. The van der Waals surface area contributed by atoms with Gasteiger partial charge in [0, 0.05) is 6.20 Å². The Hall–Kier alpha value is -1.31. The maximum Gasteiger partial charge on any atom is 0.255 e. The second-order valence-corrected chi connectivity index (χ2v) is 3.80. The van der Waals surface area contributed by atoms with Crippen molar-refractivity contribution < 1.29 is 9.63 Å². The molecule has 0 bridgehead atoms. The van der Waals surface area contributed by atoms with E-state index in [1.165, 1.54) is 11.3 Å². The summed E-state index contributed by atoms with van der Waals surface area (Å²) in [4.78, 5) is 8.77. The largest absolute Gasteiger partial charge is 0.383 e. The highest BCUT2D eigenvalue weighted by Crippen LogP contribution is 2.22. The van der Waals surface area contributed by atoms with Crippen molar-refractivity contribution in [3.05, 3.63) is 17.6 Å². The van der Waals surface area contributed by atoms with Gasteiger partial charge in [-0.15, -0.1) is 11.3 Å². The van der Waals surface area contributed by atoms with Crippen LogP contribution in [0.25, 0.3) is 10.7 Å². The zero-order chi connectivity index (χ0) is 10.7. The standard InChI is InChI=1S/C8H10N4O2S/c9-2-1-5(13)8-11-7(12-14-8)6-3-10-4-15-6/h3-5,13H,1-2,9H2/t5-/m0/s1. The van der Waals surface area contributed by atoms with E-state index in [1.807, 2.05) is 0 Å². The molecule has 6 nitrogen and oxygen atoms in total. The van der Waals surface area contributed by atoms with Crippen molar-refractivity contribution in [2.75, 3.05) is 6.54 Å². The smallest absolute Gasteiger partial charge is 0.255 e. The molecule has 2 heterocycles. The Morgan fingerprint density at radius 3 is 3.13 bits per heavy atom. The van der Waals surface area contributed by atoms with Gasteiger partial charge in [-0.3, -0.25) is 4.98 Å². The fraction of sp³-hybridized carbons (Fsp3) is 0.375. The molecule has 3 N–H and O–H groups in total. The molecule has 0 saturated heterocycles. The summed E-state index contributed by atoms with van der Waals surface area (Å²) in [5.41, 5.74) is 6.99. The summed E-state index contributed by atoms with van der Waals surface area (Å²) < 4.78 is 4.92. The Bertz CT molecular complexity index is 414. The van der Waals surface area contributed by atoms with Crippen molar-refractivity contribution in [3.63, 3.8) is 0 Å². The average molecular weight is 226 g/mol. The Kier molecular flexibility index (Phi) is 3.05. The fourth-order valence-corrected chi connectivity index (χ4v) is 1.62. The molecule has 1 atom stereocenters. The van der Waals surface area contributed by atoms with Crippen molar-refractivity contribution in [2.24, 2.45) is 5.73 Å². The summed E-state index contributed by atoms with van der Waals surface area (Å²) in [5.74, 6) is 0.646. The van der Waals surface area contributed by atoms with Crippen LogP contribution < -0.4 is 5.73 Å². The van der Waals surface area contributed by atoms with Gasteiger partial charge in [0.2, 0.25) is 5.82 Å². The zero-order valence-electron chi connectivity index (χ0n) is 7.83. The highest BCUT2D eigenvalue weighted by molar-refractivity contribution is 7.13. The second kappa shape index (κ2) is 4.47. The number of aliphatic hydroxyl groups is 1. The van der Waals surface area contributed by atoms with Crippen molar-refractivity contribution >= 4 is 11.3 Å². The van der Waals surface area contributed by atoms with Gasteiger partial charge in [-0.25, -0.2) is 0 Å². The number of thiazole rings is 1. The summed E-state index contributed by atoms with van der Waals surface area (Å²) >= 11 is 1.41. The van der Waals surface area contributed by atoms with Gasteiger partial charge in [-0.2, -0.15) is 4.98 Å². The monoisotopic (exact) mass is 226 g/mol. The van der Waals surface area contributed by atoms with E-state index in [2.05, 4.69) is 15.1 Å². The lowest BCUT2D eigenvalue weighted by Crippen LogP contribution is -2.06. The first-order valence-electron chi connectivity index (χ1n) is 4.42. The number of hydrogen-bond acceptors (Lipinski definition) is 7. The van der Waals surface area contributed by atoms with Gasteiger partial charge in [-0.1, -0.05) is 5.16 Å². The summed E-state index contributed by atoms with van der Waals surface area (Å²) in [5, 5.41) is 13.3. The molecule has 0 aromatic carbocycles. The zero-order valence-corrected chi connectivity index (χ0v) is 8.65. The minimum Gasteiger partial charge on any atom is -0.383 e.